The molecule has 0 radical (unpaired) electrons. The summed E-state index contributed by atoms with van der Waals surface area (Å²) in [6.07, 6.45) is 13.5. The van der Waals surface area contributed by atoms with Crippen molar-refractivity contribution in [2.24, 2.45) is 0 Å². The van der Waals surface area contributed by atoms with E-state index in [2.05, 4.69) is 6.92 Å². The number of carboxylic acid groups (broad SMARTS) is 1. The molecule has 0 aliphatic heterocycles. The van der Waals surface area contributed by atoms with Crippen LogP contribution in [-0.4, -0.2) is 18.0 Å². The summed E-state index contributed by atoms with van der Waals surface area (Å²) in [6, 6.07) is 17.3. The number of esters is 1. The average Bonchev–Trinajstić information content (AvgIpc) is 2.86. The van der Waals surface area contributed by atoms with Gasteiger partial charge in [0.1, 0.15) is 6.10 Å². The van der Waals surface area contributed by atoms with Crippen molar-refractivity contribution in [3.05, 3.63) is 60.2 Å². The van der Waals surface area contributed by atoms with E-state index < -0.39 is 18.0 Å². The molecule has 0 bridgehead atoms. The van der Waals surface area contributed by atoms with Crippen LogP contribution in [0.1, 0.15) is 101 Å². The van der Waals surface area contributed by atoms with E-state index in [1.54, 1.807) is 0 Å². The minimum absolute atomic E-state index is 0.286. The van der Waals surface area contributed by atoms with Crippen molar-refractivity contribution >= 4 is 33.5 Å². The monoisotopic (exact) mass is 475 g/mol. The second-order valence-corrected chi connectivity index (χ2v) is 9.58. The van der Waals surface area contributed by atoms with Gasteiger partial charge in [-0.1, -0.05) is 126 Å². The third kappa shape index (κ3) is 8.09. The normalized spacial score (nSPS) is 12.1. The number of carbonyl (C=O) groups excluding carboxylic acids is 2. The number of benzene rings is 3. The van der Waals surface area contributed by atoms with Gasteiger partial charge in [0, 0.05) is 0 Å². The molecule has 0 saturated carbocycles. The Morgan fingerprint density at radius 2 is 1.17 bits per heavy atom. The summed E-state index contributed by atoms with van der Waals surface area (Å²) in [6.45, 7) is 2.24. The van der Waals surface area contributed by atoms with Gasteiger partial charge in [0.15, 0.2) is 0 Å². The van der Waals surface area contributed by atoms with Crippen LogP contribution in [0.5, 0.6) is 0 Å². The van der Waals surface area contributed by atoms with Crippen molar-refractivity contribution in [2.45, 2.75) is 96.5 Å². The predicted molar refractivity (Wildman–Crippen MR) is 141 cm³/mol. The van der Waals surface area contributed by atoms with E-state index in [1.807, 2.05) is 54.6 Å². The van der Waals surface area contributed by atoms with Gasteiger partial charge in [-0.2, -0.15) is 0 Å². The van der Waals surface area contributed by atoms with E-state index in [-0.39, 0.29) is 6.42 Å². The van der Waals surface area contributed by atoms with Gasteiger partial charge in [-0.15, -0.1) is 0 Å². The molecule has 1 unspecified atom stereocenters. The number of aliphatic carboxylic acids is 1. The van der Waals surface area contributed by atoms with Gasteiger partial charge in [-0.3, -0.25) is 0 Å². The Hall–Kier alpha value is -2.88. The van der Waals surface area contributed by atoms with Crippen LogP contribution in [-0.2, 0) is 9.53 Å². The first kappa shape index (κ1) is 26.7. The van der Waals surface area contributed by atoms with Crippen molar-refractivity contribution < 1.29 is 19.4 Å². The van der Waals surface area contributed by atoms with Gasteiger partial charge < -0.3 is 14.6 Å². The van der Waals surface area contributed by atoms with Gasteiger partial charge >= 0.3 is 5.97 Å². The van der Waals surface area contributed by atoms with Crippen LogP contribution >= 0.6 is 0 Å². The molecule has 0 aromatic heterocycles. The van der Waals surface area contributed by atoms with Crippen molar-refractivity contribution in [2.75, 3.05) is 0 Å². The van der Waals surface area contributed by atoms with Gasteiger partial charge in [0.25, 0.3) is 0 Å². The molecule has 188 valence electrons. The largest absolute Gasteiger partial charge is 0.546 e. The Bertz CT molecular complexity index is 1030. The van der Waals surface area contributed by atoms with Crippen molar-refractivity contribution in [1.29, 1.82) is 0 Å². The highest BCUT2D eigenvalue weighted by Gasteiger charge is 2.21. The molecular formula is C31H39O4-. The lowest BCUT2D eigenvalue weighted by Gasteiger charge is -2.20. The molecule has 0 amide bonds. The van der Waals surface area contributed by atoms with Crippen molar-refractivity contribution in [3.63, 3.8) is 0 Å². The fourth-order valence-electron chi connectivity index (χ4n) is 4.82. The summed E-state index contributed by atoms with van der Waals surface area (Å²) in [4.78, 5) is 24.9. The van der Waals surface area contributed by atoms with Crippen LogP contribution in [0, 0.1) is 0 Å². The fourth-order valence-corrected chi connectivity index (χ4v) is 4.82. The number of carboxylic acids is 1. The summed E-state index contributed by atoms with van der Waals surface area (Å²) in [7, 11) is 0. The number of hydrogen-bond donors (Lipinski definition) is 0. The number of carbonyl (C=O) groups is 2. The number of ether oxygens (including phenoxy) is 1. The molecule has 3 aromatic carbocycles. The van der Waals surface area contributed by atoms with E-state index >= 15 is 0 Å². The Labute approximate surface area is 209 Å². The van der Waals surface area contributed by atoms with Crippen LogP contribution in [0.2, 0.25) is 0 Å². The van der Waals surface area contributed by atoms with E-state index in [0.717, 1.165) is 34.4 Å². The van der Waals surface area contributed by atoms with Crippen molar-refractivity contribution in [3.8, 4) is 0 Å². The highest BCUT2D eigenvalue weighted by Crippen LogP contribution is 2.29. The zero-order valence-electron chi connectivity index (χ0n) is 21.1. The molecule has 0 fully saturated rings. The van der Waals surface area contributed by atoms with E-state index in [1.165, 1.54) is 57.8 Å². The molecule has 3 rings (SSSR count). The molecule has 0 spiro atoms. The molecule has 0 saturated heterocycles. The van der Waals surface area contributed by atoms with E-state index in [4.69, 9.17) is 4.74 Å². The van der Waals surface area contributed by atoms with Crippen LogP contribution in [0.4, 0.5) is 0 Å². The number of hydrogen-bond acceptors (Lipinski definition) is 4. The van der Waals surface area contributed by atoms with Crippen LogP contribution < -0.4 is 5.11 Å². The first-order valence-corrected chi connectivity index (χ1v) is 13.4. The summed E-state index contributed by atoms with van der Waals surface area (Å²) < 4.78 is 5.51. The molecule has 0 N–H and O–H groups in total. The Kier molecular flexibility index (Phi) is 11.1. The topological polar surface area (TPSA) is 66.4 Å². The molecule has 0 aliphatic carbocycles. The Morgan fingerprint density at radius 1 is 0.714 bits per heavy atom. The maximum Gasteiger partial charge on any atom is 0.340 e. The molecule has 4 nitrogen and oxygen atoms in total. The summed E-state index contributed by atoms with van der Waals surface area (Å²) in [5.41, 5.74) is 0.416. The summed E-state index contributed by atoms with van der Waals surface area (Å²) >= 11 is 0. The quantitative estimate of drug-likeness (QED) is 0.123. The van der Waals surface area contributed by atoms with Crippen LogP contribution in [0.15, 0.2) is 54.6 Å². The Morgan fingerprint density at radius 3 is 1.66 bits per heavy atom. The molecule has 4 heteroatoms. The number of fused-ring (bicyclic) bond motifs is 2. The summed E-state index contributed by atoms with van der Waals surface area (Å²) in [5.74, 6) is -1.93. The first-order chi connectivity index (χ1) is 17.1. The lowest BCUT2D eigenvalue weighted by Crippen LogP contribution is -2.39. The smallest absolute Gasteiger partial charge is 0.340 e. The minimum atomic E-state index is -1.33. The third-order valence-corrected chi connectivity index (χ3v) is 6.81. The molecule has 0 aliphatic rings. The highest BCUT2D eigenvalue weighted by molar-refractivity contribution is 6.16. The molecule has 0 heterocycles. The predicted octanol–water partition coefficient (Wildman–Crippen LogP) is 7.36. The number of unbranched alkanes of at least 4 members (excludes halogenated alkanes) is 11. The molecule has 3 aromatic rings. The van der Waals surface area contributed by atoms with Crippen LogP contribution in [0.3, 0.4) is 0 Å². The second-order valence-electron chi connectivity index (χ2n) is 9.58. The van der Waals surface area contributed by atoms with Gasteiger partial charge in [0.2, 0.25) is 0 Å². The highest BCUT2D eigenvalue weighted by atomic mass is 16.6. The average molecular weight is 476 g/mol. The lowest BCUT2D eigenvalue weighted by molar-refractivity contribution is -0.315. The molecule has 1 atom stereocenters. The molecular weight excluding hydrogens is 436 g/mol. The van der Waals surface area contributed by atoms with E-state index in [0.29, 0.717) is 12.0 Å². The maximum absolute atomic E-state index is 13.2. The Balaban J connectivity index is 1.48. The SMILES string of the molecule is CCCCCCCCCCCCCCC(OC(=O)c1c2ccccc2cc2ccccc12)C(=O)[O-]. The molecule has 35 heavy (non-hydrogen) atoms. The standard InChI is InChI=1S/C31H40O4/c1-2-3-4-5-6-7-8-9-10-11-12-13-22-28(30(32)33)35-31(34)29-26-20-16-14-18-24(26)23-25-19-15-17-21-27(25)29/h14-21,23,28H,2-13,22H2,1H3,(H,32,33)/p-1. The summed E-state index contributed by atoms with van der Waals surface area (Å²) in [5, 5.41) is 15.1. The van der Waals surface area contributed by atoms with E-state index in [9.17, 15) is 14.7 Å². The number of rotatable bonds is 16. The van der Waals surface area contributed by atoms with Gasteiger partial charge in [-0.05, 0) is 40.5 Å². The maximum atomic E-state index is 13.2. The zero-order chi connectivity index (χ0) is 24.9. The second kappa shape index (κ2) is 14.5. The van der Waals surface area contributed by atoms with Crippen molar-refractivity contribution in [1.82, 2.24) is 0 Å². The minimum Gasteiger partial charge on any atom is -0.546 e. The van der Waals surface area contributed by atoms with Gasteiger partial charge in [-0.25, -0.2) is 4.79 Å². The fraction of sp³-hybridized carbons (Fsp3) is 0.484. The zero-order valence-corrected chi connectivity index (χ0v) is 21.1. The first-order valence-electron chi connectivity index (χ1n) is 13.4. The van der Waals surface area contributed by atoms with Crippen LogP contribution in [0.25, 0.3) is 21.5 Å². The third-order valence-electron chi connectivity index (χ3n) is 6.81. The lowest BCUT2D eigenvalue weighted by atomic mass is 9.97. The van der Waals surface area contributed by atoms with Gasteiger partial charge in [0.05, 0.1) is 11.5 Å².